The van der Waals surface area contributed by atoms with Gasteiger partial charge in [0.2, 0.25) is 0 Å². The second-order valence-corrected chi connectivity index (χ2v) is 5.60. The average Bonchev–Trinajstić information content (AvgIpc) is 2.73. The molecule has 0 unspecified atom stereocenters. The van der Waals surface area contributed by atoms with Crippen LogP contribution in [-0.2, 0) is 4.74 Å². The van der Waals surface area contributed by atoms with Gasteiger partial charge in [0.1, 0.15) is 5.00 Å². The first-order valence-electron chi connectivity index (χ1n) is 6.28. The van der Waals surface area contributed by atoms with E-state index in [2.05, 4.69) is 0 Å². The Hall–Kier alpha value is -1.03. The van der Waals surface area contributed by atoms with Crippen molar-refractivity contribution in [3.05, 3.63) is 16.5 Å². The second-order valence-electron chi connectivity index (χ2n) is 4.48. The highest BCUT2D eigenvalue weighted by Gasteiger charge is 2.21. The molecule has 1 aromatic heterocycles. The quantitative estimate of drug-likeness (QED) is 0.838. The van der Waals surface area contributed by atoms with Crippen LogP contribution in [0.15, 0.2) is 6.07 Å². The minimum Gasteiger partial charge on any atom is -0.462 e. The fourth-order valence-corrected chi connectivity index (χ4v) is 3.47. The summed E-state index contributed by atoms with van der Waals surface area (Å²) in [6.07, 6.45) is 6.36. The Morgan fingerprint density at radius 2 is 2.18 bits per heavy atom. The number of thiophene rings is 1. The molecule has 1 aromatic rings. The fourth-order valence-electron chi connectivity index (χ4n) is 2.38. The highest BCUT2D eigenvalue weighted by atomic mass is 32.1. The van der Waals surface area contributed by atoms with E-state index in [9.17, 15) is 4.79 Å². The number of carbonyl (C=O) groups is 1. The first-order valence-corrected chi connectivity index (χ1v) is 7.10. The van der Waals surface area contributed by atoms with E-state index >= 15 is 0 Å². The van der Waals surface area contributed by atoms with Crippen LogP contribution in [0.5, 0.6) is 0 Å². The maximum absolute atomic E-state index is 11.7. The molecule has 0 atom stereocenters. The second kappa shape index (κ2) is 5.54. The number of nitrogen functional groups attached to an aromatic ring is 1. The van der Waals surface area contributed by atoms with Crippen LogP contribution in [-0.4, -0.2) is 12.6 Å². The van der Waals surface area contributed by atoms with Gasteiger partial charge in [0, 0.05) is 4.88 Å². The zero-order valence-electron chi connectivity index (χ0n) is 10.2. The summed E-state index contributed by atoms with van der Waals surface area (Å²) in [5, 5.41) is 0.601. The third kappa shape index (κ3) is 2.80. The number of hydrogen-bond acceptors (Lipinski definition) is 4. The lowest BCUT2D eigenvalue weighted by Crippen LogP contribution is -2.06. The highest BCUT2D eigenvalue weighted by molar-refractivity contribution is 7.16. The van der Waals surface area contributed by atoms with Crippen LogP contribution in [0.4, 0.5) is 5.00 Å². The van der Waals surface area contributed by atoms with E-state index in [1.165, 1.54) is 37.0 Å². The number of esters is 1. The minimum atomic E-state index is -0.289. The van der Waals surface area contributed by atoms with Crippen LogP contribution < -0.4 is 5.73 Å². The van der Waals surface area contributed by atoms with Gasteiger partial charge in [-0.25, -0.2) is 4.79 Å². The number of rotatable bonds is 3. The largest absolute Gasteiger partial charge is 0.462 e. The lowest BCUT2D eigenvalue weighted by Gasteiger charge is -2.19. The van der Waals surface area contributed by atoms with Crippen molar-refractivity contribution in [2.75, 3.05) is 12.3 Å². The van der Waals surface area contributed by atoms with Crippen molar-refractivity contribution in [1.29, 1.82) is 0 Å². The third-order valence-electron chi connectivity index (χ3n) is 3.28. The summed E-state index contributed by atoms with van der Waals surface area (Å²) in [7, 11) is 0. The molecule has 1 heterocycles. The number of ether oxygens (including phenoxy) is 1. The molecule has 0 bridgehead atoms. The van der Waals surface area contributed by atoms with E-state index in [1.54, 1.807) is 11.3 Å². The Balaban J connectivity index is 2.14. The molecule has 0 spiro atoms. The Labute approximate surface area is 106 Å². The van der Waals surface area contributed by atoms with Crippen molar-refractivity contribution in [2.45, 2.75) is 44.9 Å². The summed E-state index contributed by atoms with van der Waals surface area (Å²) in [6.45, 7) is 2.20. The van der Waals surface area contributed by atoms with Crippen molar-refractivity contribution in [1.82, 2.24) is 0 Å². The summed E-state index contributed by atoms with van der Waals surface area (Å²) in [5.41, 5.74) is 6.45. The molecule has 1 aliphatic rings. The Morgan fingerprint density at radius 3 is 2.82 bits per heavy atom. The molecule has 3 nitrogen and oxygen atoms in total. The predicted octanol–water partition coefficient (Wildman–Crippen LogP) is 3.55. The maximum Gasteiger partial charge on any atom is 0.341 e. The van der Waals surface area contributed by atoms with E-state index in [0.29, 0.717) is 23.1 Å². The number of anilines is 1. The van der Waals surface area contributed by atoms with E-state index in [0.717, 1.165) is 0 Å². The molecule has 1 fully saturated rings. The van der Waals surface area contributed by atoms with Gasteiger partial charge in [-0.1, -0.05) is 19.3 Å². The zero-order chi connectivity index (χ0) is 12.3. The summed E-state index contributed by atoms with van der Waals surface area (Å²) < 4.78 is 5.00. The van der Waals surface area contributed by atoms with Crippen LogP contribution in [0.2, 0.25) is 0 Å². The first kappa shape index (κ1) is 12.4. The lowest BCUT2D eigenvalue weighted by molar-refractivity contribution is 0.0528. The molecule has 0 aliphatic heterocycles. The average molecular weight is 253 g/mol. The summed E-state index contributed by atoms with van der Waals surface area (Å²) in [5.74, 6) is 0.308. The fraction of sp³-hybridized carbons (Fsp3) is 0.615. The maximum atomic E-state index is 11.7. The molecular weight excluding hydrogens is 234 g/mol. The SMILES string of the molecule is CCOC(=O)c1cc(C2CCCCC2)sc1N. The molecule has 0 aromatic carbocycles. The highest BCUT2D eigenvalue weighted by Crippen LogP contribution is 2.39. The van der Waals surface area contributed by atoms with Gasteiger partial charge >= 0.3 is 5.97 Å². The van der Waals surface area contributed by atoms with Crippen LogP contribution in [0.1, 0.15) is 60.2 Å². The monoisotopic (exact) mass is 253 g/mol. The minimum absolute atomic E-state index is 0.289. The normalized spacial score (nSPS) is 17.0. The van der Waals surface area contributed by atoms with Gasteiger partial charge in [-0.3, -0.25) is 0 Å². The predicted molar refractivity (Wildman–Crippen MR) is 70.5 cm³/mol. The smallest absolute Gasteiger partial charge is 0.341 e. The molecule has 0 amide bonds. The van der Waals surface area contributed by atoms with Crippen LogP contribution in [0.3, 0.4) is 0 Å². The Kier molecular flexibility index (Phi) is 4.05. The first-order chi connectivity index (χ1) is 8.22. The summed E-state index contributed by atoms with van der Waals surface area (Å²) in [6, 6.07) is 1.94. The van der Waals surface area contributed by atoms with Gasteiger partial charge in [-0.05, 0) is 31.7 Å². The lowest BCUT2D eigenvalue weighted by atomic mass is 9.88. The topological polar surface area (TPSA) is 52.3 Å². The van der Waals surface area contributed by atoms with E-state index in [4.69, 9.17) is 10.5 Å². The summed E-state index contributed by atoms with van der Waals surface area (Å²) in [4.78, 5) is 12.9. The molecule has 0 radical (unpaired) electrons. The third-order valence-corrected chi connectivity index (χ3v) is 4.41. The number of carbonyl (C=O) groups excluding carboxylic acids is 1. The number of nitrogens with two attached hydrogens (primary N) is 1. The molecule has 1 saturated carbocycles. The van der Waals surface area contributed by atoms with E-state index in [1.807, 2.05) is 13.0 Å². The van der Waals surface area contributed by atoms with Crippen molar-refractivity contribution < 1.29 is 9.53 Å². The molecule has 4 heteroatoms. The molecule has 0 saturated heterocycles. The molecule has 17 heavy (non-hydrogen) atoms. The van der Waals surface area contributed by atoms with Gasteiger partial charge in [0.15, 0.2) is 0 Å². The molecule has 2 rings (SSSR count). The van der Waals surface area contributed by atoms with Gasteiger partial charge in [-0.2, -0.15) is 0 Å². The van der Waals surface area contributed by atoms with Gasteiger partial charge in [0.05, 0.1) is 12.2 Å². The van der Waals surface area contributed by atoms with Crippen molar-refractivity contribution in [3.63, 3.8) is 0 Å². The van der Waals surface area contributed by atoms with Gasteiger partial charge < -0.3 is 10.5 Å². The molecule has 94 valence electrons. The van der Waals surface area contributed by atoms with E-state index < -0.39 is 0 Å². The Morgan fingerprint density at radius 1 is 1.47 bits per heavy atom. The number of hydrogen-bond donors (Lipinski definition) is 1. The zero-order valence-corrected chi connectivity index (χ0v) is 11.0. The standard InChI is InChI=1S/C13H19NO2S/c1-2-16-13(15)10-8-11(17-12(10)14)9-6-4-3-5-7-9/h8-9H,2-7,14H2,1H3. The van der Waals surface area contributed by atoms with Crippen LogP contribution in [0.25, 0.3) is 0 Å². The molecular formula is C13H19NO2S. The van der Waals surface area contributed by atoms with Crippen molar-refractivity contribution in [2.24, 2.45) is 0 Å². The Bertz CT molecular complexity index is 394. The van der Waals surface area contributed by atoms with Crippen LogP contribution >= 0.6 is 11.3 Å². The van der Waals surface area contributed by atoms with Crippen molar-refractivity contribution in [3.8, 4) is 0 Å². The summed E-state index contributed by atoms with van der Waals surface area (Å²) >= 11 is 1.55. The molecule has 1 aliphatic carbocycles. The van der Waals surface area contributed by atoms with Gasteiger partial charge in [0.25, 0.3) is 0 Å². The van der Waals surface area contributed by atoms with Gasteiger partial charge in [-0.15, -0.1) is 11.3 Å². The van der Waals surface area contributed by atoms with E-state index in [-0.39, 0.29) is 5.97 Å². The van der Waals surface area contributed by atoms with Crippen molar-refractivity contribution >= 4 is 22.3 Å². The van der Waals surface area contributed by atoms with Crippen LogP contribution in [0, 0.1) is 0 Å². The molecule has 2 N–H and O–H groups in total.